The molecule has 7 heteroatoms. The van der Waals surface area contributed by atoms with Gasteiger partial charge in [-0.05, 0) is 36.4 Å². The van der Waals surface area contributed by atoms with Gasteiger partial charge in [-0.25, -0.2) is 9.37 Å². The van der Waals surface area contributed by atoms with Crippen molar-refractivity contribution < 1.29 is 4.39 Å². The molecule has 0 radical (unpaired) electrons. The number of hydrogen-bond donors (Lipinski definition) is 1. The van der Waals surface area contributed by atoms with Gasteiger partial charge in [0.25, 0.3) is 5.56 Å². The van der Waals surface area contributed by atoms with Crippen LogP contribution in [0.1, 0.15) is 17.4 Å². The van der Waals surface area contributed by atoms with Crippen LogP contribution in [0.4, 0.5) is 10.1 Å². The van der Waals surface area contributed by atoms with Gasteiger partial charge in [0, 0.05) is 37.1 Å². The molecular formula is C20H16FN5O. The van der Waals surface area contributed by atoms with Crippen LogP contribution in [0.2, 0.25) is 0 Å². The van der Waals surface area contributed by atoms with E-state index in [2.05, 4.69) is 10.3 Å². The Kier molecular flexibility index (Phi) is 3.36. The van der Waals surface area contributed by atoms with Gasteiger partial charge in [0.2, 0.25) is 0 Å². The molecule has 5 rings (SSSR count). The van der Waals surface area contributed by atoms with Crippen molar-refractivity contribution in [2.75, 3.05) is 11.9 Å². The summed E-state index contributed by atoms with van der Waals surface area (Å²) in [7, 11) is 1.94. The third kappa shape index (κ3) is 2.35. The second-order valence-corrected chi connectivity index (χ2v) is 6.64. The summed E-state index contributed by atoms with van der Waals surface area (Å²) in [5.41, 5.74) is 1.98. The van der Waals surface area contributed by atoms with E-state index >= 15 is 0 Å². The number of anilines is 1. The summed E-state index contributed by atoms with van der Waals surface area (Å²) in [5.74, 6) is 0.413. The van der Waals surface area contributed by atoms with E-state index in [0.717, 1.165) is 22.6 Å². The van der Waals surface area contributed by atoms with Gasteiger partial charge in [0.15, 0.2) is 0 Å². The van der Waals surface area contributed by atoms with Crippen LogP contribution in [0.3, 0.4) is 0 Å². The van der Waals surface area contributed by atoms with Crippen molar-refractivity contribution in [2.24, 2.45) is 7.05 Å². The molecule has 2 aromatic heterocycles. The molecule has 0 amide bonds. The minimum atomic E-state index is -0.355. The van der Waals surface area contributed by atoms with Crippen LogP contribution in [-0.4, -0.2) is 25.9 Å². The molecule has 2 aromatic carbocycles. The molecule has 0 fully saturated rings. The maximum atomic E-state index is 13.3. The Hall–Kier alpha value is -3.48. The maximum absolute atomic E-state index is 13.3. The Labute approximate surface area is 153 Å². The predicted molar refractivity (Wildman–Crippen MR) is 101 cm³/mol. The van der Waals surface area contributed by atoms with Crippen molar-refractivity contribution in [3.63, 3.8) is 0 Å². The zero-order valence-corrected chi connectivity index (χ0v) is 14.6. The Morgan fingerprint density at radius 2 is 2.00 bits per heavy atom. The first-order valence-electron chi connectivity index (χ1n) is 8.66. The van der Waals surface area contributed by atoms with Crippen LogP contribution in [0.5, 0.6) is 0 Å². The average Bonchev–Trinajstić information content (AvgIpc) is 3.11. The predicted octanol–water partition coefficient (Wildman–Crippen LogP) is 2.82. The largest absolute Gasteiger partial charge is 0.383 e. The summed E-state index contributed by atoms with van der Waals surface area (Å²) in [6, 6.07) is 11.4. The van der Waals surface area contributed by atoms with Crippen molar-refractivity contribution in [1.29, 1.82) is 0 Å². The van der Waals surface area contributed by atoms with Crippen LogP contribution in [0.15, 0.2) is 59.7 Å². The minimum Gasteiger partial charge on any atom is -0.383 e. The number of aromatic nitrogens is 4. The number of halogens is 1. The van der Waals surface area contributed by atoms with Gasteiger partial charge in [-0.1, -0.05) is 6.07 Å². The normalized spacial score (nSPS) is 15.7. The fourth-order valence-electron chi connectivity index (χ4n) is 3.71. The van der Waals surface area contributed by atoms with Gasteiger partial charge < -0.3 is 9.88 Å². The number of imidazole rings is 1. The highest BCUT2D eigenvalue weighted by Crippen LogP contribution is 2.36. The van der Waals surface area contributed by atoms with E-state index in [1.807, 2.05) is 29.9 Å². The SMILES string of the molecule is Cn1ccnc1C1CNc2cccc3c(=O)n(-c4ccc(F)cc4)nc1c23. The summed E-state index contributed by atoms with van der Waals surface area (Å²) >= 11 is 0. The highest BCUT2D eigenvalue weighted by molar-refractivity contribution is 5.97. The van der Waals surface area contributed by atoms with E-state index in [1.54, 1.807) is 24.4 Å². The lowest BCUT2D eigenvalue weighted by Gasteiger charge is -2.26. The lowest BCUT2D eigenvalue weighted by Crippen LogP contribution is -2.30. The molecule has 3 heterocycles. The summed E-state index contributed by atoms with van der Waals surface area (Å²) in [5, 5.41) is 9.49. The van der Waals surface area contributed by atoms with Crippen LogP contribution < -0.4 is 10.9 Å². The molecule has 0 bridgehead atoms. The van der Waals surface area contributed by atoms with E-state index in [9.17, 15) is 9.18 Å². The van der Waals surface area contributed by atoms with Crippen LogP contribution in [-0.2, 0) is 7.05 Å². The highest BCUT2D eigenvalue weighted by atomic mass is 19.1. The van der Waals surface area contributed by atoms with Gasteiger partial charge in [-0.2, -0.15) is 9.78 Å². The van der Waals surface area contributed by atoms with E-state index in [4.69, 9.17) is 5.10 Å². The molecule has 6 nitrogen and oxygen atoms in total. The molecule has 0 saturated heterocycles. The van der Waals surface area contributed by atoms with Gasteiger partial charge in [-0.15, -0.1) is 0 Å². The number of benzene rings is 2. The molecule has 0 saturated carbocycles. The summed E-state index contributed by atoms with van der Waals surface area (Å²) in [6.45, 7) is 0.631. The first-order chi connectivity index (χ1) is 13.1. The molecule has 1 aliphatic heterocycles. The summed E-state index contributed by atoms with van der Waals surface area (Å²) < 4.78 is 16.6. The highest BCUT2D eigenvalue weighted by Gasteiger charge is 2.29. The third-order valence-electron chi connectivity index (χ3n) is 5.02. The van der Waals surface area contributed by atoms with Crippen molar-refractivity contribution >= 4 is 16.5 Å². The number of rotatable bonds is 2. The summed E-state index contributed by atoms with van der Waals surface area (Å²) in [4.78, 5) is 17.6. The molecule has 0 aliphatic carbocycles. The number of hydrogen-bond acceptors (Lipinski definition) is 4. The molecule has 4 aromatic rings. The standard InChI is InChI=1S/C20H16FN5O/c1-25-10-9-22-19(25)15-11-23-16-4-2-3-14-17(16)18(15)24-26(20(14)27)13-7-5-12(21)6-8-13/h2-10,15,23H,11H2,1H3. The monoisotopic (exact) mass is 361 g/mol. The zero-order chi connectivity index (χ0) is 18.5. The van der Waals surface area contributed by atoms with E-state index in [0.29, 0.717) is 17.6 Å². The van der Waals surface area contributed by atoms with E-state index in [-0.39, 0.29) is 17.3 Å². The molecule has 27 heavy (non-hydrogen) atoms. The van der Waals surface area contributed by atoms with E-state index < -0.39 is 0 Å². The van der Waals surface area contributed by atoms with Crippen molar-refractivity contribution in [3.8, 4) is 5.69 Å². The Balaban J connectivity index is 1.83. The zero-order valence-electron chi connectivity index (χ0n) is 14.6. The smallest absolute Gasteiger partial charge is 0.279 e. The average molecular weight is 361 g/mol. The fourth-order valence-corrected chi connectivity index (χ4v) is 3.71. The minimum absolute atomic E-state index is 0.102. The molecule has 1 aliphatic rings. The molecular weight excluding hydrogens is 345 g/mol. The lowest BCUT2D eigenvalue weighted by molar-refractivity contribution is 0.625. The molecule has 1 unspecified atom stereocenters. The van der Waals surface area contributed by atoms with Crippen LogP contribution in [0.25, 0.3) is 16.5 Å². The summed E-state index contributed by atoms with van der Waals surface area (Å²) in [6.07, 6.45) is 3.64. The first-order valence-corrected chi connectivity index (χ1v) is 8.66. The number of nitrogens with zero attached hydrogens (tertiary/aromatic N) is 4. The number of aryl methyl sites for hydroxylation is 1. The second kappa shape index (κ2) is 5.77. The van der Waals surface area contributed by atoms with Gasteiger partial charge in [0.1, 0.15) is 11.6 Å². The number of nitrogens with one attached hydrogen (secondary N) is 1. The maximum Gasteiger partial charge on any atom is 0.279 e. The van der Waals surface area contributed by atoms with Gasteiger partial charge in [0.05, 0.1) is 22.7 Å². The molecule has 1 N–H and O–H groups in total. The first kappa shape index (κ1) is 15.7. The topological polar surface area (TPSA) is 64.7 Å². The third-order valence-corrected chi connectivity index (χ3v) is 5.02. The molecule has 0 spiro atoms. The Morgan fingerprint density at radius 1 is 1.19 bits per heavy atom. The molecule has 1 atom stereocenters. The quantitative estimate of drug-likeness (QED) is 0.596. The molecule has 134 valence electrons. The van der Waals surface area contributed by atoms with Crippen molar-refractivity contribution in [1.82, 2.24) is 19.3 Å². The Bertz CT molecular complexity index is 1230. The van der Waals surface area contributed by atoms with Gasteiger partial charge >= 0.3 is 0 Å². The lowest BCUT2D eigenvalue weighted by atomic mass is 9.94. The van der Waals surface area contributed by atoms with Crippen molar-refractivity contribution in [3.05, 3.63) is 82.5 Å². The van der Waals surface area contributed by atoms with E-state index in [1.165, 1.54) is 16.8 Å². The van der Waals surface area contributed by atoms with Crippen LogP contribution >= 0.6 is 0 Å². The fraction of sp³-hybridized carbons (Fsp3) is 0.150. The second-order valence-electron chi connectivity index (χ2n) is 6.64. The van der Waals surface area contributed by atoms with Crippen LogP contribution in [0, 0.1) is 5.82 Å². The van der Waals surface area contributed by atoms with Gasteiger partial charge in [-0.3, -0.25) is 4.79 Å². The Morgan fingerprint density at radius 3 is 2.74 bits per heavy atom. The van der Waals surface area contributed by atoms with Crippen molar-refractivity contribution in [2.45, 2.75) is 5.92 Å².